The summed E-state index contributed by atoms with van der Waals surface area (Å²) in [5.74, 6) is -0.767. The normalized spacial score (nSPS) is 17.4. The molecular weight excluding hydrogens is 388 g/mol. The molecule has 0 saturated carbocycles. The van der Waals surface area contributed by atoms with Crippen LogP contribution in [0.1, 0.15) is 37.0 Å². The fourth-order valence-corrected chi connectivity index (χ4v) is 5.39. The van der Waals surface area contributed by atoms with Crippen molar-refractivity contribution in [2.75, 3.05) is 16.8 Å². The van der Waals surface area contributed by atoms with E-state index in [2.05, 4.69) is 5.32 Å². The summed E-state index contributed by atoms with van der Waals surface area (Å²) < 4.78 is 24.9. The summed E-state index contributed by atoms with van der Waals surface area (Å²) in [5.41, 5.74) is 3.92. The molecule has 0 unspecified atom stereocenters. The topological polar surface area (TPSA) is 83.6 Å². The van der Waals surface area contributed by atoms with Crippen molar-refractivity contribution >= 4 is 33.0 Å². The van der Waals surface area contributed by atoms with Crippen LogP contribution in [0, 0.1) is 20.8 Å². The van der Waals surface area contributed by atoms with Crippen molar-refractivity contribution in [1.82, 2.24) is 0 Å². The van der Waals surface area contributed by atoms with Gasteiger partial charge in [0.2, 0.25) is 11.8 Å². The van der Waals surface area contributed by atoms with Gasteiger partial charge in [0, 0.05) is 12.1 Å². The van der Waals surface area contributed by atoms with Crippen molar-refractivity contribution in [2.45, 2.75) is 50.7 Å². The largest absolute Gasteiger partial charge is 0.324 e. The van der Waals surface area contributed by atoms with Gasteiger partial charge in [0.1, 0.15) is 6.54 Å². The second kappa shape index (κ2) is 7.30. The highest BCUT2D eigenvalue weighted by Gasteiger charge is 2.44. The number of sulfone groups is 1. The lowest BCUT2D eigenvalue weighted by molar-refractivity contribution is -0.121. The maximum atomic E-state index is 13.1. The molecule has 0 radical (unpaired) electrons. The number of nitrogens with zero attached hydrogens (tertiary/aromatic N) is 1. The molecule has 6 nitrogen and oxygen atoms in total. The molecule has 0 bridgehead atoms. The minimum Gasteiger partial charge on any atom is -0.324 e. The number of aryl methyl sites for hydroxylation is 3. The average molecular weight is 415 g/mol. The lowest BCUT2D eigenvalue weighted by Crippen LogP contribution is -2.40. The van der Waals surface area contributed by atoms with Crippen LogP contribution in [0.15, 0.2) is 41.3 Å². The number of benzene rings is 2. The first kappa shape index (κ1) is 21.0. The number of hydrogen-bond donors (Lipinski definition) is 1. The van der Waals surface area contributed by atoms with E-state index in [0.29, 0.717) is 5.69 Å². The van der Waals surface area contributed by atoms with Gasteiger partial charge in [0.25, 0.3) is 0 Å². The van der Waals surface area contributed by atoms with Crippen molar-refractivity contribution in [3.8, 4) is 0 Å². The van der Waals surface area contributed by atoms with Gasteiger partial charge in [-0.2, -0.15) is 0 Å². The Labute approximate surface area is 171 Å². The molecule has 154 valence electrons. The van der Waals surface area contributed by atoms with Crippen molar-refractivity contribution in [2.24, 2.45) is 0 Å². The highest BCUT2D eigenvalue weighted by molar-refractivity contribution is 7.93. The van der Waals surface area contributed by atoms with Gasteiger partial charge in [0.15, 0.2) is 9.84 Å². The Balaban J connectivity index is 1.97. The van der Waals surface area contributed by atoms with E-state index in [1.165, 1.54) is 11.0 Å². The molecule has 1 N–H and O–H groups in total. The van der Waals surface area contributed by atoms with Crippen LogP contribution in [0.5, 0.6) is 0 Å². The maximum absolute atomic E-state index is 13.1. The van der Waals surface area contributed by atoms with Gasteiger partial charge in [-0.25, -0.2) is 8.42 Å². The number of anilines is 2. The van der Waals surface area contributed by atoms with Crippen LogP contribution >= 0.6 is 0 Å². The Morgan fingerprint density at radius 1 is 1.10 bits per heavy atom. The van der Waals surface area contributed by atoms with Crippen LogP contribution in [0.4, 0.5) is 11.4 Å². The SMILES string of the molecule is Cc1cc(C)c(NC(=O)CN2C(=O)CC(C)(C)S(=O)(=O)c3ccccc32)c(C)c1. The number of carbonyl (C=O) groups excluding carboxylic acids is 2. The molecular formula is C22H26N2O4S. The van der Waals surface area contributed by atoms with Crippen molar-refractivity contribution < 1.29 is 18.0 Å². The summed E-state index contributed by atoms with van der Waals surface area (Å²) in [7, 11) is -3.73. The smallest absolute Gasteiger partial charge is 0.244 e. The molecule has 1 aliphatic rings. The molecule has 0 saturated heterocycles. The lowest BCUT2D eigenvalue weighted by atomic mass is 10.1. The molecule has 29 heavy (non-hydrogen) atoms. The van der Waals surface area contributed by atoms with Crippen LogP contribution in [-0.4, -0.2) is 31.5 Å². The van der Waals surface area contributed by atoms with E-state index in [1.54, 1.807) is 32.0 Å². The van der Waals surface area contributed by atoms with Crippen molar-refractivity contribution in [3.05, 3.63) is 53.1 Å². The third-order valence-electron chi connectivity index (χ3n) is 5.29. The standard InChI is InChI=1S/C22H26N2O4S/c1-14-10-15(2)21(16(3)11-14)23-19(25)13-24-17-8-6-7-9-18(17)29(27,28)22(4,5)12-20(24)26/h6-11H,12-13H2,1-5H3,(H,23,25). The quantitative estimate of drug-likeness (QED) is 0.833. The van der Waals surface area contributed by atoms with E-state index in [9.17, 15) is 18.0 Å². The fraction of sp³-hybridized carbons (Fsp3) is 0.364. The number of para-hydroxylation sites is 1. The summed E-state index contributed by atoms with van der Waals surface area (Å²) in [6.07, 6.45) is -0.195. The van der Waals surface area contributed by atoms with E-state index in [-0.39, 0.29) is 29.5 Å². The number of amides is 2. The zero-order valence-corrected chi connectivity index (χ0v) is 18.2. The predicted octanol–water partition coefficient (Wildman–Crippen LogP) is 3.54. The van der Waals surface area contributed by atoms with Gasteiger partial charge >= 0.3 is 0 Å². The summed E-state index contributed by atoms with van der Waals surface area (Å²) >= 11 is 0. The number of fused-ring (bicyclic) bond motifs is 1. The van der Waals surface area contributed by atoms with Gasteiger partial charge in [0.05, 0.1) is 15.3 Å². The Hall–Kier alpha value is -2.67. The van der Waals surface area contributed by atoms with Crippen LogP contribution in [0.25, 0.3) is 0 Å². The summed E-state index contributed by atoms with van der Waals surface area (Å²) in [4.78, 5) is 27.1. The van der Waals surface area contributed by atoms with Gasteiger partial charge in [-0.1, -0.05) is 29.8 Å². The summed E-state index contributed by atoms with van der Waals surface area (Å²) in [5, 5.41) is 2.88. The molecule has 0 aliphatic carbocycles. The average Bonchev–Trinajstić information content (AvgIpc) is 2.66. The highest BCUT2D eigenvalue weighted by Crippen LogP contribution is 2.38. The van der Waals surface area contributed by atoms with E-state index in [4.69, 9.17) is 0 Å². The van der Waals surface area contributed by atoms with Gasteiger partial charge < -0.3 is 10.2 Å². The first-order valence-electron chi connectivity index (χ1n) is 9.46. The third kappa shape index (κ3) is 3.79. The molecule has 2 aromatic carbocycles. The maximum Gasteiger partial charge on any atom is 0.244 e. The monoisotopic (exact) mass is 414 g/mol. The van der Waals surface area contributed by atoms with Crippen LogP contribution < -0.4 is 10.2 Å². The zero-order valence-electron chi connectivity index (χ0n) is 17.4. The molecule has 2 amide bonds. The summed E-state index contributed by atoms with van der Waals surface area (Å²) in [6.45, 7) is 8.64. The number of carbonyl (C=O) groups is 2. The zero-order chi connectivity index (χ0) is 21.6. The van der Waals surface area contributed by atoms with Crippen molar-refractivity contribution in [1.29, 1.82) is 0 Å². The number of nitrogens with one attached hydrogen (secondary N) is 1. The van der Waals surface area contributed by atoms with Crippen LogP contribution in [0.3, 0.4) is 0 Å². The fourth-order valence-electron chi connectivity index (χ4n) is 3.77. The summed E-state index contributed by atoms with van der Waals surface area (Å²) in [6, 6.07) is 10.3. The second-order valence-corrected chi connectivity index (χ2v) is 10.8. The van der Waals surface area contributed by atoms with E-state index in [0.717, 1.165) is 16.7 Å². The number of hydrogen-bond acceptors (Lipinski definition) is 4. The van der Waals surface area contributed by atoms with E-state index >= 15 is 0 Å². The first-order valence-corrected chi connectivity index (χ1v) is 10.9. The second-order valence-electron chi connectivity index (χ2n) is 8.21. The Morgan fingerprint density at radius 3 is 2.31 bits per heavy atom. The van der Waals surface area contributed by atoms with Gasteiger partial charge in [-0.3, -0.25) is 9.59 Å². The molecule has 0 fully saturated rings. The van der Waals surface area contributed by atoms with E-state index < -0.39 is 20.5 Å². The van der Waals surface area contributed by atoms with Gasteiger partial charge in [-0.05, 0) is 57.9 Å². The van der Waals surface area contributed by atoms with E-state index in [1.807, 2.05) is 32.9 Å². The Bertz CT molecular complexity index is 1080. The lowest BCUT2D eigenvalue weighted by Gasteiger charge is -2.23. The third-order valence-corrected chi connectivity index (χ3v) is 7.82. The molecule has 1 aliphatic heterocycles. The Kier molecular flexibility index (Phi) is 5.30. The minimum atomic E-state index is -3.73. The molecule has 2 aromatic rings. The first-order chi connectivity index (χ1) is 13.4. The van der Waals surface area contributed by atoms with Crippen molar-refractivity contribution in [3.63, 3.8) is 0 Å². The van der Waals surface area contributed by atoms with Crippen LogP contribution in [-0.2, 0) is 19.4 Å². The Morgan fingerprint density at radius 2 is 1.69 bits per heavy atom. The molecule has 0 aromatic heterocycles. The molecule has 7 heteroatoms. The van der Waals surface area contributed by atoms with Crippen LogP contribution in [0.2, 0.25) is 0 Å². The molecule has 0 atom stereocenters. The minimum absolute atomic E-state index is 0.0753. The molecule has 1 heterocycles. The number of rotatable bonds is 3. The predicted molar refractivity (Wildman–Crippen MR) is 114 cm³/mol. The molecule has 0 spiro atoms. The van der Waals surface area contributed by atoms with Gasteiger partial charge in [-0.15, -0.1) is 0 Å². The highest BCUT2D eigenvalue weighted by atomic mass is 32.2. The molecule has 3 rings (SSSR count).